The molecule has 0 amide bonds. The van der Waals surface area contributed by atoms with Crippen LogP contribution in [0.5, 0.6) is 0 Å². The Labute approximate surface area is 209 Å². The van der Waals surface area contributed by atoms with Crippen LogP contribution in [0.25, 0.3) is 21.9 Å². The van der Waals surface area contributed by atoms with Crippen molar-refractivity contribution in [3.8, 4) is 0 Å². The summed E-state index contributed by atoms with van der Waals surface area (Å²) in [4.78, 5) is 5.60. The Kier molecular flexibility index (Phi) is 4.45. The summed E-state index contributed by atoms with van der Waals surface area (Å²) in [5, 5.41) is 2.24. The molecule has 7 rings (SSSR count). The molecule has 0 fully saturated rings. The normalized spacial score (nSPS) is 12.7. The number of hydrogen-bond donors (Lipinski definition) is 1. The van der Waals surface area contributed by atoms with Crippen LogP contribution in [0.3, 0.4) is 0 Å². The van der Waals surface area contributed by atoms with Gasteiger partial charge in [0.1, 0.15) is 11.2 Å². The highest BCUT2D eigenvalue weighted by Gasteiger charge is 2.32. The molecule has 4 heteroatoms. The van der Waals surface area contributed by atoms with E-state index in [1.54, 1.807) is 0 Å². The Bertz CT molecular complexity index is 1750. The van der Waals surface area contributed by atoms with E-state index in [1.807, 2.05) is 12.1 Å². The average Bonchev–Trinajstić information content (AvgIpc) is 3.26. The molecule has 35 heavy (non-hydrogen) atoms. The third-order valence-electron chi connectivity index (χ3n) is 6.80. The molecular formula is C31H22N2OS. The van der Waals surface area contributed by atoms with Crippen molar-refractivity contribution >= 4 is 68.7 Å². The minimum atomic E-state index is 0.893. The van der Waals surface area contributed by atoms with Crippen molar-refractivity contribution in [2.45, 2.75) is 11.8 Å². The van der Waals surface area contributed by atoms with Gasteiger partial charge in [-0.25, -0.2) is 0 Å². The molecule has 3 nitrogen and oxygen atoms in total. The van der Waals surface area contributed by atoms with Crippen molar-refractivity contribution in [3.05, 3.63) is 115 Å². The fourth-order valence-corrected chi connectivity index (χ4v) is 5.52. The van der Waals surface area contributed by atoms with Gasteiger partial charge in [-0.3, -0.25) is 0 Å². The fraction of sp³-hybridized carbons (Fsp3) is 0.0323. The molecule has 0 bridgehead atoms. The molecule has 168 valence electrons. The van der Waals surface area contributed by atoms with Crippen molar-refractivity contribution in [1.29, 1.82) is 0 Å². The van der Waals surface area contributed by atoms with Crippen LogP contribution in [0, 0.1) is 6.92 Å². The van der Waals surface area contributed by atoms with E-state index in [0.717, 1.165) is 61.0 Å². The topological polar surface area (TPSA) is 19.6 Å². The Hall–Kier alpha value is -4.15. The average molecular weight is 471 g/mol. The summed E-state index contributed by atoms with van der Waals surface area (Å²) in [6.45, 7) is 2.16. The van der Waals surface area contributed by atoms with E-state index >= 15 is 0 Å². The molecule has 2 heterocycles. The van der Waals surface area contributed by atoms with Crippen molar-refractivity contribution in [2.24, 2.45) is 0 Å². The van der Waals surface area contributed by atoms with Crippen molar-refractivity contribution in [1.82, 2.24) is 0 Å². The number of anilines is 6. The standard InChI is InChI=1S/C31H22N2OS/c1-20-9-2-4-11-24(20)33-26-13-6-5-12-25(26)32(27-14-8-16-30(35)31(27)33)21-17-18-29-23(19-21)22-10-3-7-15-28(22)34-29/h2-19,35H,1H3. The zero-order valence-electron chi connectivity index (χ0n) is 19.1. The summed E-state index contributed by atoms with van der Waals surface area (Å²) >= 11 is 4.94. The Morgan fingerprint density at radius 3 is 2.06 bits per heavy atom. The highest BCUT2D eigenvalue weighted by atomic mass is 32.1. The first-order valence-electron chi connectivity index (χ1n) is 11.7. The zero-order chi connectivity index (χ0) is 23.5. The number of fused-ring (bicyclic) bond motifs is 5. The van der Waals surface area contributed by atoms with Crippen LogP contribution in [0.2, 0.25) is 0 Å². The molecule has 0 unspecified atom stereocenters. The van der Waals surface area contributed by atoms with E-state index in [-0.39, 0.29) is 0 Å². The fourth-order valence-electron chi connectivity index (χ4n) is 5.22. The third-order valence-corrected chi connectivity index (χ3v) is 7.16. The second-order valence-corrected chi connectivity index (χ2v) is 9.35. The first kappa shape index (κ1) is 20.2. The molecule has 1 aromatic heterocycles. The van der Waals surface area contributed by atoms with Gasteiger partial charge in [0.15, 0.2) is 0 Å². The van der Waals surface area contributed by atoms with E-state index < -0.39 is 0 Å². The molecule has 0 N–H and O–H groups in total. The van der Waals surface area contributed by atoms with Crippen molar-refractivity contribution in [3.63, 3.8) is 0 Å². The van der Waals surface area contributed by atoms with Gasteiger partial charge in [-0.2, -0.15) is 0 Å². The van der Waals surface area contributed by atoms with E-state index in [2.05, 4.69) is 114 Å². The first-order chi connectivity index (χ1) is 17.2. The molecule has 0 radical (unpaired) electrons. The first-order valence-corrected chi connectivity index (χ1v) is 12.1. The smallest absolute Gasteiger partial charge is 0.135 e. The van der Waals surface area contributed by atoms with Gasteiger partial charge in [-0.1, -0.05) is 54.6 Å². The van der Waals surface area contributed by atoms with E-state index in [9.17, 15) is 0 Å². The van der Waals surface area contributed by atoms with Gasteiger partial charge in [0, 0.05) is 27.0 Å². The molecule has 1 aliphatic heterocycles. The van der Waals surface area contributed by atoms with E-state index in [0.29, 0.717) is 0 Å². The third kappa shape index (κ3) is 3.00. The maximum absolute atomic E-state index is 6.10. The lowest BCUT2D eigenvalue weighted by molar-refractivity contribution is 0.669. The number of thiol groups is 1. The number of nitrogens with zero attached hydrogens (tertiary/aromatic N) is 2. The summed E-state index contributed by atoms with van der Waals surface area (Å²) < 4.78 is 6.10. The number of aryl methyl sites for hydroxylation is 1. The molecule has 0 saturated heterocycles. The lowest BCUT2D eigenvalue weighted by Gasteiger charge is -2.41. The minimum Gasteiger partial charge on any atom is -0.456 e. The Morgan fingerprint density at radius 1 is 0.571 bits per heavy atom. The van der Waals surface area contributed by atoms with Crippen LogP contribution in [0.1, 0.15) is 5.56 Å². The predicted octanol–water partition coefficient (Wildman–Crippen LogP) is 9.44. The number of rotatable bonds is 2. The quantitative estimate of drug-likeness (QED) is 0.254. The molecule has 0 spiro atoms. The van der Waals surface area contributed by atoms with E-state index in [4.69, 9.17) is 17.0 Å². The van der Waals surface area contributed by atoms with Gasteiger partial charge in [0.05, 0.1) is 22.7 Å². The van der Waals surface area contributed by atoms with Crippen molar-refractivity contribution in [2.75, 3.05) is 9.80 Å². The summed E-state index contributed by atoms with van der Waals surface area (Å²) in [6.07, 6.45) is 0. The van der Waals surface area contributed by atoms with Gasteiger partial charge >= 0.3 is 0 Å². The SMILES string of the molecule is Cc1ccccc1N1c2ccccc2N(c2ccc3oc4ccccc4c3c2)c2cccc(S)c21. The maximum atomic E-state index is 6.10. The van der Waals surface area contributed by atoms with Gasteiger partial charge in [0.2, 0.25) is 0 Å². The lowest BCUT2D eigenvalue weighted by Crippen LogP contribution is -2.24. The summed E-state index contributed by atoms with van der Waals surface area (Å²) in [7, 11) is 0. The van der Waals surface area contributed by atoms with Crippen LogP contribution >= 0.6 is 12.6 Å². The van der Waals surface area contributed by atoms with Crippen LogP contribution in [0.15, 0.2) is 119 Å². The lowest BCUT2D eigenvalue weighted by atomic mass is 10.0. The molecule has 5 aromatic carbocycles. The van der Waals surface area contributed by atoms with Gasteiger partial charge < -0.3 is 14.2 Å². The van der Waals surface area contributed by atoms with Crippen LogP contribution in [-0.4, -0.2) is 0 Å². The molecule has 6 aromatic rings. The zero-order valence-corrected chi connectivity index (χ0v) is 20.0. The van der Waals surface area contributed by atoms with Crippen LogP contribution < -0.4 is 9.80 Å². The maximum Gasteiger partial charge on any atom is 0.135 e. The second-order valence-electron chi connectivity index (χ2n) is 8.87. The summed E-state index contributed by atoms with van der Waals surface area (Å²) in [6, 6.07) is 38.0. The number of furan rings is 1. The molecular weight excluding hydrogens is 448 g/mol. The van der Waals surface area contributed by atoms with Gasteiger partial charge in [0.25, 0.3) is 0 Å². The summed E-state index contributed by atoms with van der Waals surface area (Å²) in [5.41, 5.74) is 9.65. The molecule has 1 aliphatic rings. The van der Waals surface area contributed by atoms with Crippen LogP contribution in [0.4, 0.5) is 34.1 Å². The number of benzene rings is 5. The van der Waals surface area contributed by atoms with Crippen molar-refractivity contribution < 1.29 is 4.42 Å². The van der Waals surface area contributed by atoms with Crippen LogP contribution in [-0.2, 0) is 0 Å². The Morgan fingerprint density at radius 2 is 1.23 bits per heavy atom. The summed E-state index contributed by atoms with van der Waals surface area (Å²) in [5.74, 6) is 0. The number of hydrogen-bond acceptors (Lipinski definition) is 4. The minimum absolute atomic E-state index is 0.893. The number of para-hydroxylation sites is 5. The monoisotopic (exact) mass is 470 g/mol. The second kappa shape index (κ2) is 7.69. The Balaban J connectivity index is 1.52. The highest BCUT2D eigenvalue weighted by Crippen LogP contribution is 2.56. The molecule has 0 atom stereocenters. The highest BCUT2D eigenvalue weighted by molar-refractivity contribution is 7.80. The van der Waals surface area contributed by atoms with E-state index in [1.165, 1.54) is 5.56 Å². The largest absolute Gasteiger partial charge is 0.456 e. The molecule has 0 aliphatic carbocycles. The van der Waals surface area contributed by atoms with Gasteiger partial charge in [-0.15, -0.1) is 12.6 Å². The van der Waals surface area contributed by atoms with Gasteiger partial charge in [-0.05, 0) is 67.1 Å². The molecule has 0 saturated carbocycles. The predicted molar refractivity (Wildman–Crippen MR) is 149 cm³/mol.